The Kier molecular flexibility index (Phi) is 2.98. The van der Waals surface area contributed by atoms with E-state index in [0.29, 0.717) is 31.6 Å². The molecule has 0 aromatic rings. The summed E-state index contributed by atoms with van der Waals surface area (Å²) in [7, 11) is 0. The number of hydrogen-bond acceptors (Lipinski definition) is 3. The molecule has 2 aliphatic carbocycles. The first-order valence-electron chi connectivity index (χ1n) is 7.26. The predicted molar refractivity (Wildman–Crippen MR) is 69.7 cm³/mol. The Morgan fingerprint density at radius 2 is 1.95 bits per heavy atom. The van der Waals surface area contributed by atoms with Gasteiger partial charge in [0.05, 0.1) is 17.6 Å². The number of hydrogen-bond donors (Lipinski definition) is 2. The van der Waals surface area contributed by atoms with Gasteiger partial charge in [0, 0.05) is 0 Å². The molecular formula is C15H22O4. The van der Waals surface area contributed by atoms with E-state index in [9.17, 15) is 15.0 Å². The molecule has 0 radical (unpaired) electrons. The fraction of sp³-hybridized carbons (Fsp3) is 0.800. The zero-order chi connectivity index (χ0) is 13.7. The van der Waals surface area contributed by atoms with Gasteiger partial charge in [-0.15, -0.1) is 6.58 Å². The molecular weight excluding hydrogens is 244 g/mol. The summed E-state index contributed by atoms with van der Waals surface area (Å²) in [6, 6.07) is 0. The third-order valence-corrected chi connectivity index (χ3v) is 5.58. The molecule has 0 bridgehead atoms. The molecule has 4 nitrogen and oxygen atoms in total. The number of aliphatic hydroxyl groups is 1. The molecule has 3 atom stereocenters. The van der Waals surface area contributed by atoms with Crippen molar-refractivity contribution in [2.45, 2.75) is 62.8 Å². The summed E-state index contributed by atoms with van der Waals surface area (Å²) in [5, 5.41) is 19.4. The average molecular weight is 266 g/mol. The molecule has 2 N–H and O–H groups in total. The van der Waals surface area contributed by atoms with Crippen molar-refractivity contribution in [3.05, 3.63) is 12.7 Å². The van der Waals surface area contributed by atoms with Crippen LogP contribution in [0.4, 0.5) is 0 Å². The van der Waals surface area contributed by atoms with E-state index in [1.807, 2.05) is 6.08 Å². The van der Waals surface area contributed by atoms with Crippen molar-refractivity contribution < 1.29 is 19.7 Å². The number of rotatable bonds is 3. The predicted octanol–water partition coefficient (Wildman–Crippen LogP) is 2.12. The number of fused-ring (bicyclic) bond motifs is 1. The van der Waals surface area contributed by atoms with Crippen molar-refractivity contribution >= 4 is 5.97 Å². The zero-order valence-electron chi connectivity index (χ0n) is 11.2. The van der Waals surface area contributed by atoms with E-state index in [-0.39, 0.29) is 12.2 Å². The fourth-order valence-electron chi connectivity index (χ4n) is 4.26. The summed E-state index contributed by atoms with van der Waals surface area (Å²) < 4.78 is 5.93. The number of allylic oxidation sites excluding steroid dienone is 1. The van der Waals surface area contributed by atoms with Gasteiger partial charge < -0.3 is 14.9 Å². The summed E-state index contributed by atoms with van der Waals surface area (Å²) in [4.78, 5) is 11.9. The number of aliphatic hydroxyl groups excluding tert-OH is 1. The van der Waals surface area contributed by atoms with Gasteiger partial charge in [0.25, 0.3) is 0 Å². The van der Waals surface area contributed by atoms with Gasteiger partial charge in [0.2, 0.25) is 0 Å². The minimum atomic E-state index is -0.775. The van der Waals surface area contributed by atoms with E-state index < -0.39 is 17.0 Å². The fourth-order valence-corrected chi connectivity index (χ4v) is 4.26. The number of carboxylic acids is 1. The van der Waals surface area contributed by atoms with Crippen LogP contribution in [-0.4, -0.2) is 34.0 Å². The maximum atomic E-state index is 11.9. The van der Waals surface area contributed by atoms with E-state index in [2.05, 4.69) is 6.58 Å². The van der Waals surface area contributed by atoms with Crippen molar-refractivity contribution in [1.82, 2.24) is 0 Å². The molecule has 3 unspecified atom stereocenters. The van der Waals surface area contributed by atoms with Crippen LogP contribution in [0.2, 0.25) is 0 Å². The van der Waals surface area contributed by atoms with Gasteiger partial charge in [0.15, 0.2) is 0 Å². The summed E-state index contributed by atoms with van der Waals surface area (Å²) in [5.74, 6) is -0.278. The second-order valence-corrected chi connectivity index (χ2v) is 6.38. The Hall–Kier alpha value is -0.870. The SMILES string of the molecule is C=CC1CCC2(C3(C(=O)O)CCC(O)CC3)OC2C1. The minimum Gasteiger partial charge on any atom is -0.481 e. The Bertz CT molecular complexity index is 397. The molecule has 19 heavy (non-hydrogen) atoms. The van der Waals surface area contributed by atoms with Crippen LogP contribution < -0.4 is 0 Å². The first-order chi connectivity index (χ1) is 9.04. The molecule has 3 rings (SSSR count). The summed E-state index contributed by atoms with van der Waals surface area (Å²) >= 11 is 0. The van der Waals surface area contributed by atoms with Crippen LogP contribution in [0.1, 0.15) is 44.9 Å². The molecule has 0 aromatic heterocycles. The topological polar surface area (TPSA) is 70.1 Å². The molecule has 106 valence electrons. The Balaban J connectivity index is 1.83. The normalized spacial score (nSPS) is 49.2. The molecule has 1 heterocycles. The van der Waals surface area contributed by atoms with Gasteiger partial charge in [-0.2, -0.15) is 0 Å². The highest BCUT2D eigenvalue weighted by molar-refractivity contribution is 5.77. The van der Waals surface area contributed by atoms with Gasteiger partial charge in [-0.25, -0.2) is 0 Å². The maximum Gasteiger partial charge on any atom is 0.312 e. The first-order valence-corrected chi connectivity index (χ1v) is 7.26. The Morgan fingerprint density at radius 1 is 1.26 bits per heavy atom. The van der Waals surface area contributed by atoms with Crippen LogP contribution >= 0.6 is 0 Å². The van der Waals surface area contributed by atoms with Crippen LogP contribution in [0, 0.1) is 11.3 Å². The van der Waals surface area contributed by atoms with Gasteiger partial charge in [-0.1, -0.05) is 6.08 Å². The molecule has 3 fully saturated rings. The highest BCUT2D eigenvalue weighted by Gasteiger charge is 2.72. The summed E-state index contributed by atoms with van der Waals surface area (Å²) in [6.07, 6.45) is 6.63. The highest BCUT2D eigenvalue weighted by Crippen LogP contribution is 2.63. The van der Waals surface area contributed by atoms with Gasteiger partial charge in [0.1, 0.15) is 5.60 Å². The minimum absolute atomic E-state index is 0.0793. The lowest BCUT2D eigenvalue weighted by atomic mass is 9.60. The van der Waals surface area contributed by atoms with E-state index in [4.69, 9.17) is 4.74 Å². The molecule has 0 amide bonds. The van der Waals surface area contributed by atoms with Crippen LogP contribution in [-0.2, 0) is 9.53 Å². The van der Waals surface area contributed by atoms with Crippen LogP contribution in [0.5, 0.6) is 0 Å². The van der Waals surface area contributed by atoms with Crippen LogP contribution in [0.3, 0.4) is 0 Å². The molecule has 0 aromatic carbocycles. The number of aliphatic carboxylic acids is 1. The summed E-state index contributed by atoms with van der Waals surface area (Å²) in [6.45, 7) is 3.83. The van der Waals surface area contributed by atoms with Gasteiger partial charge in [-0.05, 0) is 50.9 Å². The lowest BCUT2D eigenvalue weighted by molar-refractivity contribution is -0.159. The molecule has 3 aliphatic rings. The van der Waals surface area contributed by atoms with E-state index in [1.54, 1.807) is 0 Å². The number of carbonyl (C=O) groups is 1. The number of epoxide rings is 1. The highest BCUT2D eigenvalue weighted by atomic mass is 16.6. The third kappa shape index (κ3) is 1.77. The third-order valence-electron chi connectivity index (χ3n) is 5.58. The van der Waals surface area contributed by atoms with Crippen molar-refractivity contribution in [2.75, 3.05) is 0 Å². The molecule has 1 aliphatic heterocycles. The monoisotopic (exact) mass is 266 g/mol. The smallest absolute Gasteiger partial charge is 0.312 e. The standard InChI is InChI=1S/C15H22O4/c1-2-10-3-8-15(12(9-10)19-15)14(13(17)18)6-4-11(16)5-7-14/h2,10-12,16H,1,3-9H2,(H,17,18). The molecule has 2 saturated carbocycles. The van der Waals surface area contributed by atoms with E-state index in [0.717, 1.165) is 19.3 Å². The van der Waals surface area contributed by atoms with Crippen LogP contribution in [0.15, 0.2) is 12.7 Å². The van der Waals surface area contributed by atoms with Gasteiger partial charge >= 0.3 is 5.97 Å². The second-order valence-electron chi connectivity index (χ2n) is 6.38. The van der Waals surface area contributed by atoms with Crippen molar-refractivity contribution in [2.24, 2.45) is 11.3 Å². The maximum absolute atomic E-state index is 11.9. The molecule has 1 saturated heterocycles. The number of ether oxygens (including phenoxy) is 1. The average Bonchev–Trinajstić information content (AvgIpc) is 3.14. The largest absolute Gasteiger partial charge is 0.481 e. The van der Waals surface area contributed by atoms with Crippen molar-refractivity contribution in [1.29, 1.82) is 0 Å². The van der Waals surface area contributed by atoms with Crippen molar-refractivity contribution in [3.63, 3.8) is 0 Å². The van der Waals surface area contributed by atoms with E-state index in [1.165, 1.54) is 0 Å². The lowest BCUT2D eigenvalue weighted by Crippen LogP contribution is -2.51. The van der Waals surface area contributed by atoms with Crippen LogP contribution in [0.25, 0.3) is 0 Å². The van der Waals surface area contributed by atoms with Crippen molar-refractivity contribution in [3.8, 4) is 0 Å². The number of carboxylic acid groups (broad SMARTS) is 1. The summed E-state index contributed by atoms with van der Waals surface area (Å²) in [5.41, 5.74) is -1.23. The van der Waals surface area contributed by atoms with E-state index >= 15 is 0 Å². The first kappa shape index (κ1) is 13.1. The molecule has 0 spiro atoms. The Labute approximate surface area is 113 Å². The Morgan fingerprint density at radius 3 is 2.47 bits per heavy atom. The lowest BCUT2D eigenvalue weighted by Gasteiger charge is -2.42. The molecule has 4 heteroatoms. The second kappa shape index (κ2) is 4.32. The van der Waals surface area contributed by atoms with Gasteiger partial charge in [-0.3, -0.25) is 4.79 Å². The quantitative estimate of drug-likeness (QED) is 0.606. The zero-order valence-corrected chi connectivity index (χ0v) is 11.2.